The highest BCUT2D eigenvalue weighted by molar-refractivity contribution is 6.04. The molecule has 3 aromatic carbocycles. The van der Waals surface area contributed by atoms with E-state index in [2.05, 4.69) is 5.32 Å². The molecule has 0 bridgehead atoms. The van der Waals surface area contributed by atoms with Crippen LogP contribution in [0.2, 0.25) is 0 Å². The van der Waals surface area contributed by atoms with Crippen molar-refractivity contribution in [3.63, 3.8) is 0 Å². The summed E-state index contributed by atoms with van der Waals surface area (Å²) in [6, 6.07) is 24.5. The van der Waals surface area contributed by atoms with E-state index >= 15 is 0 Å². The van der Waals surface area contributed by atoms with Crippen LogP contribution in [-0.2, 0) is 11.3 Å². The summed E-state index contributed by atoms with van der Waals surface area (Å²) in [7, 11) is 0. The minimum Gasteiger partial charge on any atom is -0.491 e. The van der Waals surface area contributed by atoms with Crippen LogP contribution in [0.3, 0.4) is 0 Å². The molecular weight excluding hydrogens is 378 g/mol. The highest BCUT2D eigenvalue weighted by Gasteiger charge is 2.16. The first kappa shape index (κ1) is 20.0. The minimum absolute atomic E-state index is 0.168. The topological polar surface area (TPSA) is 56.8 Å². The Hall–Kier alpha value is -3.31. The van der Waals surface area contributed by atoms with Crippen LogP contribution in [0.25, 0.3) is 0 Å². The van der Waals surface area contributed by atoms with Crippen molar-refractivity contribution in [3.05, 3.63) is 90.0 Å². The molecule has 1 aliphatic rings. The summed E-state index contributed by atoms with van der Waals surface area (Å²) in [6.45, 7) is 1.87. The number of amides is 1. The van der Waals surface area contributed by atoms with E-state index in [0.29, 0.717) is 24.5 Å². The summed E-state index contributed by atoms with van der Waals surface area (Å²) in [5.41, 5.74) is 2.40. The molecule has 0 spiro atoms. The van der Waals surface area contributed by atoms with Crippen LogP contribution in [0, 0.1) is 0 Å². The monoisotopic (exact) mass is 403 g/mol. The molecule has 1 unspecified atom stereocenters. The van der Waals surface area contributed by atoms with Gasteiger partial charge in [-0.1, -0.05) is 30.3 Å². The second-order valence-electron chi connectivity index (χ2n) is 7.22. The highest BCUT2D eigenvalue weighted by atomic mass is 16.5. The van der Waals surface area contributed by atoms with Gasteiger partial charge >= 0.3 is 0 Å². The lowest BCUT2D eigenvalue weighted by molar-refractivity contribution is 0.0679. The molecule has 4 rings (SSSR count). The number of rotatable bonds is 8. The van der Waals surface area contributed by atoms with E-state index in [9.17, 15) is 4.79 Å². The molecule has 0 saturated carbocycles. The number of ether oxygens (including phenoxy) is 3. The number of hydrogen-bond donors (Lipinski definition) is 1. The maximum atomic E-state index is 12.5. The Balaban J connectivity index is 1.26. The molecule has 30 heavy (non-hydrogen) atoms. The molecular formula is C25H25NO4. The van der Waals surface area contributed by atoms with Gasteiger partial charge in [-0.25, -0.2) is 0 Å². The van der Waals surface area contributed by atoms with E-state index in [0.717, 1.165) is 36.5 Å². The third kappa shape index (κ3) is 5.61. The third-order valence-corrected chi connectivity index (χ3v) is 4.94. The predicted octanol–water partition coefficient (Wildman–Crippen LogP) is 5.08. The van der Waals surface area contributed by atoms with Crippen LogP contribution in [0.15, 0.2) is 78.9 Å². The molecule has 154 valence electrons. The first-order chi connectivity index (χ1) is 14.8. The van der Waals surface area contributed by atoms with Gasteiger partial charge in [0.15, 0.2) is 0 Å². The van der Waals surface area contributed by atoms with Crippen molar-refractivity contribution in [2.24, 2.45) is 0 Å². The second-order valence-corrected chi connectivity index (χ2v) is 7.22. The maximum Gasteiger partial charge on any atom is 0.255 e. The number of benzene rings is 3. The van der Waals surface area contributed by atoms with Crippen molar-refractivity contribution in [3.8, 4) is 11.5 Å². The summed E-state index contributed by atoms with van der Waals surface area (Å²) >= 11 is 0. The van der Waals surface area contributed by atoms with Crippen LogP contribution in [-0.4, -0.2) is 25.2 Å². The van der Waals surface area contributed by atoms with Gasteiger partial charge in [-0.3, -0.25) is 4.79 Å². The first-order valence-electron chi connectivity index (χ1n) is 10.2. The van der Waals surface area contributed by atoms with Crippen LogP contribution in [0.4, 0.5) is 5.69 Å². The van der Waals surface area contributed by atoms with Crippen molar-refractivity contribution >= 4 is 11.6 Å². The van der Waals surface area contributed by atoms with Gasteiger partial charge in [-0.15, -0.1) is 0 Å². The number of anilines is 1. The van der Waals surface area contributed by atoms with Gasteiger partial charge in [-0.2, -0.15) is 0 Å². The van der Waals surface area contributed by atoms with E-state index in [1.54, 1.807) is 12.1 Å². The van der Waals surface area contributed by atoms with E-state index in [-0.39, 0.29) is 12.0 Å². The number of carbonyl (C=O) groups is 1. The molecule has 0 aliphatic carbocycles. The molecule has 1 amide bonds. The first-order valence-corrected chi connectivity index (χ1v) is 10.2. The van der Waals surface area contributed by atoms with Gasteiger partial charge in [0.1, 0.15) is 24.7 Å². The van der Waals surface area contributed by atoms with Gasteiger partial charge in [0.25, 0.3) is 5.91 Å². The number of carbonyl (C=O) groups excluding carboxylic acids is 1. The fourth-order valence-corrected chi connectivity index (χ4v) is 3.25. The zero-order chi connectivity index (χ0) is 20.6. The fourth-order valence-electron chi connectivity index (χ4n) is 3.25. The Kier molecular flexibility index (Phi) is 6.62. The number of nitrogens with one attached hydrogen (secondary N) is 1. The Morgan fingerprint density at radius 1 is 0.900 bits per heavy atom. The summed E-state index contributed by atoms with van der Waals surface area (Å²) in [5, 5.41) is 2.90. The summed E-state index contributed by atoms with van der Waals surface area (Å²) in [6.07, 6.45) is 2.30. The second kappa shape index (κ2) is 9.94. The molecule has 1 fully saturated rings. The Morgan fingerprint density at radius 2 is 1.60 bits per heavy atom. The van der Waals surface area contributed by atoms with Gasteiger partial charge in [0.05, 0.1) is 6.10 Å². The Bertz CT molecular complexity index is 933. The molecule has 1 saturated heterocycles. The molecule has 1 heterocycles. The van der Waals surface area contributed by atoms with E-state index < -0.39 is 0 Å². The van der Waals surface area contributed by atoms with E-state index in [1.165, 1.54) is 0 Å². The largest absolute Gasteiger partial charge is 0.491 e. The molecule has 3 aromatic rings. The Labute approximate surface area is 176 Å². The lowest BCUT2D eigenvalue weighted by Gasteiger charge is -2.12. The van der Waals surface area contributed by atoms with Crippen LogP contribution in [0.5, 0.6) is 11.5 Å². The van der Waals surface area contributed by atoms with Crippen molar-refractivity contribution in [1.82, 2.24) is 0 Å². The third-order valence-electron chi connectivity index (χ3n) is 4.94. The average Bonchev–Trinajstić information content (AvgIpc) is 3.32. The Morgan fingerprint density at radius 3 is 2.30 bits per heavy atom. The molecule has 5 heteroatoms. The average molecular weight is 403 g/mol. The van der Waals surface area contributed by atoms with Gasteiger partial charge in [0, 0.05) is 17.9 Å². The zero-order valence-electron chi connectivity index (χ0n) is 16.8. The molecule has 5 nitrogen and oxygen atoms in total. The van der Waals surface area contributed by atoms with E-state index in [4.69, 9.17) is 14.2 Å². The quantitative estimate of drug-likeness (QED) is 0.570. The summed E-state index contributed by atoms with van der Waals surface area (Å²) in [4.78, 5) is 12.5. The highest BCUT2D eigenvalue weighted by Crippen LogP contribution is 2.19. The molecule has 0 radical (unpaired) electrons. The fraction of sp³-hybridized carbons (Fsp3) is 0.240. The smallest absolute Gasteiger partial charge is 0.255 e. The van der Waals surface area contributed by atoms with Crippen molar-refractivity contribution in [1.29, 1.82) is 0 Å². The molecule has 1 atom stereocenters. The van der Waals surface area contributed by atoms with Crippen molar-refractivity contribution in [2.75, 3.05) is 18.5 Å². The van der Waals surface area contributed by atoms with Crippen LogP contribution in [0.1, 0.15) is 28.8 Å². The van der Waals surface area contributed by atoms with Crippen LogP contribution < -0.4 is 14.8 Å². The van der Waals surface area contributed by atoms with Crippen LogP contribution >= 0.6 is 0 Å². The lowest BCUT2D eigenvalue weighted by Crippen LogP contribution is -2.16. The van der Waals surface area contributed by atoms with Crippen molar-refractivity contribution < 1.29 is 19.0 Å². The summed E-state index contributed by atoms with van der Waals surface area (Å²) < 4.78 is 17.1. The van der Waals surface area contributed by atoms with E-state index in [1.807, 2.05) is 66.7 Å². The molecule has 1 N–H and O–H groups in total. The normalized spacial score (nSPS) is 15.5. The SMILES string of the molecule is O=C(Nc1ccc(OCc2ccccc2)cc1)c1ccc(OCC2CCCO2)cc1. The molecule has 0 aromatic heterocycles. The summed E-state index contributed by atoms with van der Waals surface area (Å²) in [5.74, 6) is 1.32. The lowest BCUT2D eigenvalue weighted by atomic mass is 10.2. The minimum atomic E-state index is -0.168. The van der Waals surface area contributed by atoms with Gasteiger partial charge in [-0.05, 0) is 66.9 Å². The predicted molar refractivity (Wildman–Crippen MR) is 116 cm³/mol. The maximum absolute atomic E-state index is 12.5. The standard InChI is InChI=1S/C25H25NO4/c27-25(20-8-12-22(13-9-20)30-18-24-7-4-16-28-24)26-21-10-14-23(15-11-21)29-17-19-5-2-1-3-6-19/h1-3,5-6,8-15,24H,4,7,16-18H2,(H,26,27). The number of hydrogen-bond acceptors (Lipinski definition) is 4. The molecule has 1 aliphatic heterocycles. The van der Waals surface area contributed by atoms with Crippen molar-refractivity contribution in [2.45, 2.75) is 25.6 Å². The van der Waals surface area contributed by atoms with Gasteiger partial charge in [0.2, 0.25) is 0 Å². The van der Waals surface area contributed by atoms with Gasteiger partial charge < -0.3 is 19.5 Å². The zero-order valence-corrected chi connectivity index (χ0v) is 16.8.